The summed E-state index contributed by atoms with van der Waals surface area (Å²) < 4.78 is 3.27. The van der Waals surface area contributed by atoms with Crippen LogP contribution in [0.15, 0.2) is 58.1 Å². The molecule has 0 aliphatic carbocycles. The third-order valence-corrected chi connectivity index (χ3v) is 6.22. The maximum Gasteiger partial charge on any atom is 0.250 e. The highest BCUT2D eigenvalue weighted by molar-refractivity contribution is 9.10. The molecule has 0 saturated carbocycles. The van der Waals surface area contributed by atoms with Crippen molar-refractivity contribution in [3.8, 4) is 5.69 Å². The molecule has 1 heterocycles. The zero-order chi connectivity index (χ0) is 21.7. The van der Waals surface area contributed by atoms with Crippen LogP contribution in [0.3, 0.4) is 0 Å². The van der Waals surface area contributed by atoms with Crippen LogP contribution in [0.1, 0.15) is 33.6 Å². The average molecular weight is 484 g/mol. The van der Waals surface area contributed by atoms with E-state index in [1.54, 1.807) is 18.0 Å². The lowest BCUT2D eigenvalue weighted by molar-refractivity contribution is -0.118. The van der Waals surface area contributed by atoms with Crippen LogP contribution in [0, 0.1) is 27.7 Å². The summed E-state index contributed by atoms with van der Waals surface area (Å²) in [6.07, 6.45) is 1.72. The first kappa shape index (κ1) is 22.4. The molecule has 0 radical (unpaired) electrons. The first-order chi connectivity index (χ1) is 14.3. The topological polar surface area (TPSA) is 46.4 Å². The molecule has 0 aliphatic rings. The van der Waals surface area contributed by atoms with E-state index in [9.17, 15) is 4.79 Å². The molecular formula is C24H26BrN3OS. The number of hydrogen-bond acceptors (Lipinski definition) is 3. The van der Waals surface area contributed by atoms with Gasteiger partial charge in [-0.05, 0) is 74.7 Å². The zero-order valence-corrected chi connectivity index (χ0v) is 20.1. The van der Waals surface area contributed by atoms with Gasteiger partial charge in [-0.25, -0.2) is 5.43 Å². The lowest BCUT2D eigenvalue weighted by Crippen LogP contribution is -2.19. The lowest BCUT2D eigenvalue weighted by Gasteiger charge is -2.11. The molecule has 30 heavy (non-hydrogen) atoms. The second-order valence-electron chi connectivity index (χ2n) is 7.42. The maximum atomic E-state index is 12.1. The van der Waals surface area contributed by atoms with Crippen LogP contribution < -0.4 is 5.43 Å². The lowest BCUT2D eigenvalue weighted by atomic mass is 10.1. The molecule has 2 aromatic carbocycles. The number of nitrogens with one attached hydrogen (secondary N) is 1. The van der Waals surface area contributed by atoms with Crippen molar-refractivity contribution in [3.63, 3.8) is 0 Å². The van der Waals surface area contributed by atoms with E-state index in [4.69, 9.17) is 0 Å². The van der Waals surface area contributed by atoms with E-state index in [1.165, 1.54) is 16.7 Å². The highest BCUT2D eigenvalue weighted by atomic mass is 79.9. The van der Waals surface area contributed by atoms with Gasteiger partial charge in [-0.1, -0.05) is 34.1 Å². The van der Waals surface area contributed by atoms with Crippen molar-refractivity contribution in [1.82, 2.24) is 9.99 Å². The number of nitrogens with zero attached hydrogens (tertiary/aromatic N) is 2. The molecule has 0 saturated heterocycles. The number of aromatic nitrogens is 1. The van der Waals surface area contributed by atoms with Crippen LogP contribution in [0.2, 0.25) is 0 Å². The molecule has 0 atom stereocenters. The summed E-state index contributed by atoms with van der Waals surface area (Å²) in [5.74, 6) is 1.05. The van der Waals surface area contributed by atoms with Gasteiger partial charge in [0.05, 0.1) is 12.0 Å². The monoisotopic (exact) mass is 483 g/mol. The summed E-state index contributed by atoms with van der Waals surface area (Å²) in [5.41, 5.74) is 10.7. The predicted molar refractivity (Wildman–Crippen MR) is 131 cm³/mol. The fourth-order valence-electron chi connectivity index (χ4n) is 3.49. The number of carbonyl (C=O) groups is 1. The van der Waals surface area contributed by atoms with Crippen molar-refractivity contribution >= 4 is 39.8 Å². The van der Waals surface area contributed by atoms with Gasteiger partial charge in [-0.3, -0.25) is 4.79 Å². The molecule has 3 rings (SSSR count). The first-order valence-corrected chi connectivity index (χ1v) is 11.7. The molecule has 156 valence electrons. The molecule has 0 spiro atoms. The van der Waals surface area contributed by atoms with Crippen LogP contribution in [0.4, 0.5) is 0 Å². The number of amides is 1. The summed E-state index contributed by atoms with van der Waals surface area (Å²) in [6.45, 7) is 8.37. The molecule has 0 aliphatic heterocycles. The van der Waals surface area contributed by atoms with E-state index in [0.29, 0.717) is 5.75 Å². The second kappa shape index (κ2) is 10.1. The van der Waals surface area contributed by atoms with Crippen molar-refractivity contribution < 1.29 is 4.79 Å². The van der Waals surface area contributed by atoms with Gasteiger partial charge < -0.3 is 4.57 Å². The Hall–Kier alpha value is -2.31. The molecule has 1 N–H and O–H groups in total. The van der Waals surface area contributed by atoms with Crippen LogP contribution in [-0.2, 0) is 10.5 Å². The Morgan fingerprint density at radius 2 is 1.83 bits per heavy atom. The quantitative estimate of drug-likeness (QED) is 0.338. The summed E-state index contributed by atoms with van der Waals surface area (Å²) in [4.78, 5) is 12.1. The number of aryl methyl sites for hydroxylation is 3. The van der Waals surface area contributed by atoms with E-state index < -0.39 is 0 Å². The minimum Gasteiger partial charge on any atom is -0.318 e. The van der Waals surface area contributed by atoms with Crippen molar-refractivity contribution in [2.24, 2.45) is 5.10 Å². The van der Waals surface area contributed by atoms with Gasteiger partial charge in [-0.2, -0.15) is 5.10 Å². The van der Waals surface area contributed by atoms with Gasteiger partial charge in [0.25, 0.3) is 0 Å². The van der Waals surface area contributed by atoms with E-state index in [0.717, 1.165) is 32.9 Å². The Balaban J connectivity index is 1.59. The summed E-state index contributed by atoms with van der Waals surface area (Å²) in [6, 6.07) is 16.7. The van der Waals surface area contributed by atoms with Gasteiger partial charge in [0.2, 0.25) is 5.91 Å². The van der Waals surface area contributed by atoms with E-state index in [1.807, 2.05) is 12.1 Å². The Morgan fingerprint density at radius 3 is 2.53 bits per heavy atom. The highest BCUT2D eigenvalue weighted by Gasteiger charge is 2.10. The summed E-state index contributed by atoms with van der Waals surface area (Å²) in [7, 11) is 0. The van der Waals surface area contributed by atoms with Crippen molar-refractivity contribution in [1.29, 1.82) is 0 Å². The van der Waals surface area contributed by atoms with Crippen molar-refractivity contribution in [2.75, 3.05) is 5.75 Å². The zero-order valence-electron chi connectivity index (χ0n) is 17.7. The van der Waals surface area contributed by atoms with Gasteiger partial charge in [0, 0.05) is 32.9 Å². The summed E-state index contributed by atoms with van der Waals surface area (Å²) in [5, 5.41) is 4.17. The van der Waals surface area contributed by atoms with Crippen molar-refractivity contribution in [2.45, 2.75) is 33.4 Å². The van der Waals surface area contributed by atoms with Gasteiger partial charge in [0.1, 0.15) is 0 Å². The van der Waals surface area contributed by atoms with Gasteiger partial charge in [0.15, 0.2) is 0 Å². The predicted octanol–water partition coefficient (Wildman–Crippen LogP) is 5.86. The Bertz CT molecular complexity index is 1070. The molecule has 1 aromatic heterocycles. The smallest absolute Gasteiger partial charge is 0.250 e. The standard InChI is InChI=1S/C24H26BrN3OS/c1-16-8-17(2)10-23(9-16)28-18(3)11-21(19(28)4)13-26-27-24(29)15-30-14-20-6-5-7-22(25)12-20/h5-13H,14-15H2,1-4H3,(H,27,29)/b26-13+. The Kier molecular flexibility index (Phi) is 7.56. The molecular weight excluding hydrogens is 458 g/mol. The minimum atomic E-state index is -0.102. The molecule has 3 aromatic rings. The Morgan fingerprint density at radius 1 is 1.10 bits per heavy atom. The highest BCUT2D eigenvalue weighted by Crippen LogP contribution is 2.22. The van der Waals surface area contributed by atoms with Crippen LogP contribution in [0.5, 0.6) is 0 Å². The van der Waals surface area contributed by atoms with Gasteiger partial charge in [-0.15, -0.1) is 11.8 Å². The number of thioether (sulfide) groups is 1. The molecule has 0 bridgehead atoms. The molecule has 1 amide bonds. The SMILES string of the molecule is Cc1cc(C)cc(-n2c(C)cc(/C=N/NC(=O)CSCc3cccc(Br)c3)c2C)c1. The Labute approximate surface area is 190 Å². The van der Waals surface area contributed by atoms with Crippen LogP contribution in [0.25, 0.3) is 5.69 Å². The molecule has 6 heteroatoms. The number of halogens is 1. The third kappa shape index (κ3) is 5.86. The third-order valence-electron chi connectivity index (χ3n) is 4.72. The van der Waals surface area contributed by atoms with E-state index >= 15 is 0 Å². The summed E-state index contributed by atoms with van der Waals surface area (Å²) >= 11 is 5.03. The average Bonchev–Trinajstić information content (AvgIpc) is 2.94. The number of benzene rings is 2. The van der Waals surface area contributed by atoms with Crippen LogP contribution >= 0.6 is 27.7 Å². The normalized spacial score (nSPS) is 11.2. The second-order valence-corrected chi connectivity index (χ2v) is 9.32. The number of rotatable bonds is 7. The fraction of sp³-hybridized carbons (Fsp3) is 0.250. The first-order valence-electron chi connectivity index (χ1n) is 9.75. The minimum absolute atomic E-state index is 0.102. The van der Waals surface area contributed by atoms with E-state index in [-0.39, 0.29) is 5.91 Å². The van der Waals surface area contributed by atoms with E-state index in [2.05, 4.69) is 95.1 Å². The molecule has 0 unspecified atom stereocenters. The maximum absolute atomic E-state index is 12.1. The van der Waals surface area contributed by atoms with Gasteiger partial charge >= 0.3 is 0 Å². The largest absolute Gasteiger partial charge is 0.318 e. The fourth-order valence-corrected chi connectivity index (χ4v) is 4.70. The van der Waals surface area contributed by atoms with Crippen molar-refractivity contribution in [3.05, 3.63) is 86.6 Å². The molecule has 0 fully saturated rings. The number of hydrazone groups is 1. The number of carbonyl (C=O) groups excluding carboxylic acids is 1. The van der Waals surface area contributed by atoms with Crippen LogP contribution in [-0.4, -0.2) is 22.4 Å². The number of hydrogen-bond donors (Lipinski definition) is 1. The molecule has 4 nitrogen and oxygen atoms in total.